The van der Waals surface area contributed by atoms with Crippen LogP contribution in [0.2, 0.25) is 30.5 Å². The number of aliphatic hydroxyl groups is 1. The van der Waals surface area contributed by atoms with E-state index in [1.165, 1.54) is 37.4 Å². The van der Waals surface area contributed by atoms with Crippen molar-refractivity contribution in [2.45, 2.75) is 32.1 Å². The molecule has 1 aliphatic heterocycles. The minimum absolute atomic E-state index is 0. The number of carbonyl (C=O) groups excluding carboxylic acids is 1. The number of pyridine rings is 3. The molecule has 4 heterocycles. The van der Waals surface area contributed by atoms with E-state index in [2.05, 4.69) is 19.3 Å². The topological polar surface area (TPSA) is 131 Å². The number of nitrogens with zero attached hydrogens (tertiary/aromatic N) is 5. The fourth-order valence-electron chi connectivity index (χ4n) is 2.70. The fourth-order valence-corrected chi connectivity index (χ4v) is 4.96. The van der Waals surface area contributed by atoms with Crippen LogP contribution in [0.4, 0.5) is 0 Å². The first kappa shape index (κ1) is 45.5. The van der Waals surface area contributed by atoms with Crippen molar-refractivity contribution in [1.82, 2.24) is 15.0 Å². The molecule has 236 valence electrons. The second-order valence-electron chi connectivity index (χ2n) is 7.82. The van der Waals surface area contributed by atoms with Gasteiger partial charge in [0.05, 0.1) is 28.8 Å². The largest absolute Gasteiger partial charge is 1.00 e. The van der Waals surface area contributed by atoms with E-state index in [-0.39, 0.29) is 70.7 Å². The summed E-state index contributed by atoms with van der Waals surface area (Å²) in [5.74, 6) is 0.132. The zero-order chi connectivity index (χ0) is 31.5. The average Bonchev–Trinajstić information content (AvgIpc) is 3.52. The molecule has 4 rings (SSSR count). The van der Waals surface area contributed by atoms with Crippen LogP contribution in [0.25, 0.3) is 0 Å². The zero-order valence-electron chi connectivity index (χ0n) is 24.5. The SMILES string of the molecule is C1CCOC1.CCOC(=O)c1cnc(Cl)cc1Cl.CS(Cc1cnc(Cl)cc1Cl)=NC#N.OCc1cnc(Cl)cc1Cl.[AlH3].[H-].[Li+]. The van der Waals surface area contributed by atoms with E-state index < -0.39 is 5.97 Å². The number of hydrogen-bond acceptors (Lipinski definition) is 9. The predicted octanol–water partition coefficient (Wildman–Crippen LogP) is 3.98. The quantitative estimate of drug-likeness (QED) is 0.179. The van der Waals surface area contributed by atoms with Crippen LogP contribution in [0.5, 0.6) is 0 Å². The van der Waals surface area contributed by atoms with Crippen LogP contribution >= 0.6 is 69.6 Å². The number of esters is 1. The molecule has 0 radical (unpaired) electrons. The number of nitriles is 1. The Balaban J connectivity index is -0.000000533. The van der Waals surface area contributed by atoms with Crippen LogP contribution in [0.1, 0.15) is 42.7 Å². The molecular formula is C26H31AlCl6LiN5O4S. The number of halogens is 6. The first-order valence-electron chi connectivity index (χ1n) is 12.0. The summed E-state index contributed by atoms with van der Waals surface area (Å²) in [4.78, 5) is 22.6. The van der Waals surface area contributed by atoms with Crippen molar-refractivity contribution >= 4 is 104 Å². The summed E-state index contributed by atoms with van der Waals surface area (Å²) in [7, 11) is -0.342. The van der Waals surface area contributed by atoms with Crippen LogP contribution in [-0.2, 0) is 32.5 Å². The number of carbonyl (C=O) groups is 1. The molecule has 1 N–H and O–H groups in total. The van der Waals surface area contributed by atoms with Crippen molar-refractivity contribution in [2.24, 2.45) is 4.36 Å². The molecule has 9 nitrogen and oxygen atoms in total. The second-order valence-corrected chi connectivity index (χ2v) is 11.9. The molecule has 18 heteroatoms. The van der Waals surface area contributed by atoms with E-state index in [1.54, 1.807) is 25.4 Å². The van der Waals surface area contributed by atoms with Gasteiger partial charge in [-0.3, -0.25) is 0 Å². The third kappa shape index (κ3) is 19.1. The van der Waals surface area contributed by atoms with Crippen LogP contribution in [-0.4, -0.2) is 69.5 Å². The number of aliphatic hydroxyl groups excluding tert-OH is 1. The third-order valence-electron chi connectivity index (χ3n) is 4.67. The van der Waals surface area contributed by atoms with E-state index in [4.69, 9.17) is 89.4 Å². The van der Waals surface area contributed by atoms with Gasteiger partial charge in [0.15, 0.2) is 17.4 Å². The fraction of sp³-hybridized carbons (Fsp3) is 0.346. The van der Waals surface area contributed by atoms with Gasteiger partial charge in [-0.1, -0.05) is 80.3 Å². The van der Waals surface area contributed by atoms with Gasteiger partial charge in [-0.2, -0.15) is 9.62 Å². The molecular weight excluding hydrogens is 725 g/mol. The van der Waals surface area contributed by atoms with Crippen molar-refractivity contribution in [1.29, 1.82) is 5.26 Å². The molecule has 0 aliphatic carbocycles. The normalized spacial score (nSPS) is 11.8. The van der Waals surface area contributed by atoms with Gasteiger partial charge in [0.1, 0.15) is 15.5 Å². The second kappa shape index (κ2) is 26.4. The molecule has 1 unspecified atom stereocenters. The molecule has 0 saturated carbocycles. The molecule has 0 amide bonds. The molecule has 0 aromatic carbocycles. The van der Waals surface area contributed by atoms with Crippen LogP contribution < -0.4 is 18.9 Å². The minimum Gasteiger partial charge on any atom is -1.00 e. The van der Waals surface area contributed by atoms with E-state index >= 15 is 0 Å². The van der Waals surface area contributed by atoms with Gasteiger partial charge in [0, 0.05) is 53.7 Å². The number of ether oxygens (including phenoxy) is 2. The van der Waals surface area contributed by atoms with Crippen LogP contribution in [0.3, 0.4) is 0 Å². The summed E-state index contributed by atoms with van der Waals surface area (Å²) in [6.45, 7) is 3.91. The van der Waals surface area contributed by atoms with Gasteiger partial charge in [-0.05, 0) is 44.2 Å². The summed E-state index contributed by atoms with van der Waals surface area (Å²) >= 11 is 34.0. The zero-order valence-corrected chi connectivity index (χ0v) is 28.8. The average molecular weight is 756 g/mol. The maximum absolute atomic E-state index is 11.2. The molecule has 1 aliphatic rings. The number of rotatable bonds is 5. The molecule has 3 aromatic heterocycles. The van der Waals surface area contributed by atoms with Gasteiger partial charge >= 0.3 is 24.8 Å². The summed E-state index contributed by atoms with van der Waals surface area (Å²) in [5, 5.41) is 19.2. The van der Waals surface area contributed by atoms with Crippen LogP contribution in [0, 0.1) is 11.5 Å². The Morgan fingerprint density at radius 1 is 0.977 bits per heavy atom. The molecule has 3 aromatic rings. The Morgan fingerprint density at radius 2 is 1.45 bits per heavy atom. The standard InChI is InChI=1S/C8H7Cl2N3S.C8H7Cl2NO2.C6H5Cl2NO.C4H8O.Al.Li.4H/c1-14(13-5-11)4-6-3-12-8(10)2-7(6)9;1-2-13-8(12)5-4-11-7(10)3-6(5)9;7-5-1-6(8)9-2-4(5)3-10;1-2-4-5-3-1;;;;;;/h2-3H,4H2,1H3;3-4H,2H2,1H3;1-2,10H,3H2;1-4H2;;;;;;/q;;;;;+1;;;;-1. The monoisotopic (exact) mass is 753 g/mol. The van der Waals surface area contributed by atoms with Gasteiger partial charge in [-0.15, -0.1) is 0 Å². The van der Waals surface area contributed by atoms with E-state index in [1.807, 2.05) is 6.26 Å². The Hall–Kier alpha value is -0.650. The first-order chi connectivity index (χ1) is 20.0. The van der Waals surface area contributed by atoms with Gasteiger partial charge in [0.2, 0.25) is 6.19 Å². The Kier molecular flexibility index (Phi) is 27.3. The van der Waals surface area contributed by atoms with Crippen molar-refractivity contribution in [3.8, 4) is 6.19 Å². The van der Waals surface area contributed by atoms with E-state index in [0.29, 0.717) is 38.3 Å². The maximum Gasteiger partial charge on any atom is 1.00 e. The third-order valence-corrected chi connectivity index (χ3v) is 7.43. The Bertz CT molecular complexity index is 1390. The van der Waals surface area contributed by atoms with E-state index in [9.17, 15) is 4.79 Å². The number of hydrogen-bond donors (Lipinski definition) is 1. The van der Waals surface area contributed by atoms with Crippen molar-refractivity contribution in [3.05, 3.63) is 84.0 Å². The van der Waals surface area contributed by atoms with Gasteiger partial charge in [-0.25, -0.2) is 19.7 Å². The van der Waals surface area contributed by atoms with E-state index in [0.717, 1.165) is 18.8 Å². The minimum atomic E-state index is -0.489. The molecule has 1 atom stereocenters. The summed E-state index contributed by atoms with van der Waals surface area (Å²) in [6.07, 6.45) is 10.5. The Morgan fingerprint density at radius 3 is 1.84 bits per heavy atom. The number of aromatic nitrogens is 3. The van der Waals surface area contributed by atoms with Crippen molar-refractivity contribution in [2.75, 3.05) is 26.1 Å². The molecule has 1 saturated heterocycles. The van der Waals surface area contributed by atoms with Crippen molar-refractivity contribution in [3.63, 3.8) is 0 Å². The molecule has 1 fully saturated rings. The first-order valence-corrected chi connectivity index (χ1v) is 16.0. The van der Waals surface area contributed by atoms with Crippen molar-refractivity contribution < 1.29 is 39.7 Å². The van der Waals surface area contributed by atoms with Gasteiger partial charge in [0.25, 0.3) is 0 Å². The summed E-state index contributed by atoms with van der Waals surface area (Å²) < 4.78 is 13.4. The molecule has 44 heavy (non-hydrogen) atoms. The summed E-state index contributed by atoms with van der Waals surface area (Å²) in [5.41, 5.74) is 1.68. The van der Waals surface area contributed by atoms with Gasteiger partial charge < -0.3 is 16.0 Å². The maximum atomic E-state index is 11.2. The summed E-state index contributed by atoms with van der Waals surface area (Å²) in [6, 6.07) is 4.48. The smallest absolute Gasteiger partial charge is 1.00 e. The molecule has 0 spiro atoms. The molecule has 0 bridgehead atoms. The predicted molar refractivity (Wildman–Crippen MR) is 181 cm³/mol. The van der Waals surface area contributed by atoms with Crippen LogP contribution in [0.15, 0.2) is 41.2 Å². The Labute approximate surface area is 313 Å².